The fraction of sp³-hybridized carbons (Fsp3) is 0.636. The van der Waals surface area contributed by atoms with E-state index in [1.165, 1.54) is 16.9 Å². The van der Waals surface area contributed by atoms with Gasteiger partial charge in [-0.1, -0.05) is 13.8 Å². The number of fused-ring (bicyclic) bond motifs is 3. The molecule has 1 N–H and O–H groups in total. The van der Waals surface area contributed by atoms with Gasteiger partial charge in [0.2, 0.25) is 11.9 Å². The van der Waals surface area contributed by atoms with E-state index >= 15 is 0 Å². The van der Waals surface area contributed by atoms with Crippen LogP contribution in [0.15, 0.2) is 4.79 Å². The number of carboxylic acid groups (broad SMARTS) is 1. The van der Waals surface area contributed by atoms with Crippen molar-refractivity contribution in [2.75, 3.05) is 31.1 Å². The second-order valence-corrected chi connectivity index (χ2v) is 9.96. The Morgan fingerprint density at radius 2 is 1.81 bits per heavy atom. The lowest BCUT2D eigenvalue weighted by Gasteiger charge is -2.36. The van der Waals surface area contributed by atoms with Gasteiger partial charge in [-0.15, -0.1) is 11.3 Å². The first-order valence-corrected chi connectivity index (χ1v) is 12.0. The van der Waals surface area contributed by atoms with E-state index in [0.29, 0.717) is 44.6 Å². The second kappa shape index (κ2) is 8.98. The molecule has 0 atom stereocenters. The van der Waals surface area contributed by atoms with Gasteiger partial charge in [0.15, 0.2) is 0 Å². The van der Waals surface area contributed by atoms with Crippen LogP contribution in [-0.2, 0) is 29.0 Å². The summed E-state index contributed by atoms with van der Waals surface area (Å²) < 4.78 is 1.83. The van der Waals surface area contributed by atoms with Crippen molar-refractivity contribution in [1.82, 2.24) is 14.5 Å². The fourth-order valence-electron chi connectivity index (χ4n) is 4.53. The van der Waals surface area contributed by atoms with Gasteiger partial charge in [-0.05, 0) is 37.2 Å². The third kappa shape index (κ3) is 4.46. The zero-order valence-electron chi connectivity index (χ0n) is 18.2. The Kier molecular flexibility index (Phi) is 6.31. The Hall–Kier alpha value is -2.42. The molecule has 0 aromatic carbocycles. The number of aryl methyl sites for hydroxylation is 2. The zero-order valence-corrected chi connectivity index (χ0v) is 19.0. The van der Waals surface area contributed by atoms with E-state index in [1.54, 1.807) is 16.2 Å². The molecule has 31 heavy (non-hydrogen) atoms. The minimum absolute atomic E-state index is 0.0261. The van der Waals surface area contributed by atoms with E-state index in [9.17, 15) is 14.4 Å². The summed E-state index contributed by atoms with van der Waals surface area (Å²) in [4.78, 5) is 47.5. The highest BCUT2D eigenvalue weighted by molar-refractivity contribution is 7.18. The van der Waals surface area contributed by atoms with Gasteiger partial charge in [-0.3, -0.25) is 19.0 Å². The molecule has 9 heteroatoms. The van der Waals surface area contributed by atoms with Crippen LogP contribution in [0.25, 0.3) is 10.2 Å². The number of carbonyl (C=O) groups is 2. The maximum absolute atomic E-state index is 13.6. The van der Waals surface area contributed by atoms with E-state index in [-0.39, 0.29) is 24.3 Å². The lowest BCUT2D eigenvalue weighted by molar-refractivity contribution is -0.141. The minimum Gasteiger partial charge on any atom is -0.481 e. The van der Waals surface area contributed by atoms with Crippen LogP contribution in [0.5, 0.6) is 0 Å². The number of nitrogens with zero attached hydrogens (tertiary/aromatic N) is 4. The predicted octanol–water partition coefficient (Wildman–Crippen LogP) is 2.51. The van der Waals surface area contributed by atoms with Gasteiger partial charge in [0.1, 0.15) is 4.83 Å². The normalized spacial score (nSPS) is 16.7. The van der Waals surface area contributed by atoms with E-state index in [2.05, 4.69) is 18.7 Å². The van der Waals surface area contributed by atoms with Crippen molar-refractivity contribution in [3.63, 3.8) is 0 Å². The number of carboxylic acids is 1. The maximum atomic E-state index is 13.6. The largest absolute Gasteiger partial charge is 0.481 e. The molecule has 1 saturated heterocycles. The second-order valence-electron chi connectivity index (χ2n) is 8.87. The fourth-order valence-corrected chi connectivity index (χ4v) is 5.77. The molecule has 0 unspecified atom stereocenters. The van der Waals surface area contributed by atoms with Gasteiger partial charge in [-0.25, -0.2) is 4.98 Å². The topological polar surface area (TPSA) is 95.7 Å². The summed E-state index contributed by atoms with van der Waals surface area (Å²) in [6, 6.07) is 0. The Labute approximate surface area is 185 Å². The van der Waals surface area contributed by atoms with Gasteiger partial charge >= 0.3 is 5.97 Å². The van der Waals surface area contributed by atoms with Crippen molar-refractivity contribution in [2.45, 2.75) is 58.9 Å². The average molecular weight is 447 g/mol. The van der Waals surface area contributed by atoms with Crippen LogP contribution >= 0.6 is 11.3 Å². The lowest BCUT2D eigenvalue weighted by atomic mass is 9.97. The molecule has 1 amide bonds. The van der Waals surface area contributed by atoms with E-state index in [0.717, 1.165) is 29.5 Å². The highest BCUT2D eigenvalue weighted by Gasteiger charge is 2.27. The highest BCUT2D eigenvalue weighted by atomic mass is 32.1. The van der Waals surface area contributed by atoms with Crippen molar-refractivity contribution < 1.29 is 14.7 Å². The molecule has 168 valence electrons. The average Bonchev–Trinajstić information content (AvgIpc) is 3.12. The van der Waals surface area contributed by atoms with Crippen molar-refractivity contribution in [3.8, 4) is 0 Å². The van der Waals surface area contributed by atoms with Crippen LogP contribution in [0.1, 0.15) is 50.0 Å². The molecule has 1 aliphatic heterocycles. The molecule has 2 aliphatic rings. The Morgan fingerprint density at radius 1 is 1.10 bits per heavy atom. The molecule has 1 aliphatic carbocycles. The molecule has 0 spiro atoms. The summed E-state index contributed by atoms with van der Waals surface area (Å²) in [6.45, 7) is 6.99. The molecule has 2 aromatic rings. The lowest BCUT2D eigenvalue weighted by Crippen LogP contribution is -2.50. The van der Waals surface area contributed by atoms with Gasteiger partial charge in [-0.2, -0.15) is 0 Å². The van der Waals surface area contributed by atoms with Crippen molar-refractivity contribution in [3.05, 3.63) is 20.8 Å². The van der Waals surface area contributed by atoms with Crippen LogP contribution in [-0.4, -0.2) is 57.6 Å². The quantitative estimate of drug-likeness (QED) is 0.733. The summed E-state index contributed by atoms with van der Waals surface area (Å²) in [5.41, 5.74) is 1.27. The Morgan fingerprint density at radius 3 is 2.48 bits per heavy atom. The predicted molar refractivity (Wildman–Crippen MR) is 121 cm³/mol. The van der Waals surface area contributed by atoms with Crippen LogP contribution in [0.4, 0.5) is 5.95 Å². The van der Waals surface area contributed by atoms with Crippen molar-refractivity contribution in [2.24, 2.45) is 5.92 Å². The number of thiophene rings is 1. The smallest absolute Gasteiger partial charge is 0.303 e. The number of amides is 1. The molecule has 2 aromatic heterocycles. The summed E-state index contributed by atoms with van der Waals surface area (Å²) >= 11 is 1.66. The third-order valence-electron chi connectivity index (χ3n) is 6.07. The number of rotatable bonds is 6. The first kappa shape index (κ1) is 21.8. The zero-order chi connectivity index (χ0) is 22.1. The first-order valence-electron chi connectivity index (χ1n) is 11.1. The van der Waals surface area contributed by atoms with Crippen LogP contribution in [0.3, 0.4) is 0 Å². The number of hydrogen-bond acceptors (Lipinski definition) is 6. The standard InChI is InChI=1S/C22H30N4O4S/c1-14(2)13-26-21(30)19-15-5-3-4-6-16(15)31-20(19)23-22(26)25-11-9-24(10-12-25)17(27)7-8-18(28)29/h14H,3-13H2,1-2H3,(H,28,29). The maximum Gasteiger partial charge on any atom is 0.303 e. The van der Waals surface area contributed by atoms with Gasteiger partial charge < -0.3 is 14.9 Å². The molecular formula is C22H30N4O4S. The van der Waals surface area contributed by atoms with Gasteiger partial charge in [0, 0.05) is 44.0 Å². The van der Waals surface area contributed by atoms with E-state index in [1.807, 2.05) is 4.57 Å². The van der Waals surface area contributed by atoms with E-state index in [4.69, 9.17) is 10.1 Å². The first-order chi connectivity index (χ1) is 14.8. The Balaban J connectivity index is 1.62. The van der Waals surface area contributed by atoms with Gasteiger partial charge in [0.25, 0.3) is 5.56 Å². The van der Waals surface area contributed by atoms with E-state index < -0.39 is 5.97 Å². The number of aliphatic carboxylic acids is 1. The molecule has 1 fully saturated rings. The van der Waals surface area contributed by atoms with Crippen molar-refractivity contribution in [1.29, 1.82) is 0 Å². The summed E-state index contributed by atoms with van der Waals surface area (Å²) in [7, 11) is 0. The highest BCUT2D eigenvalue weighted by Crippen LogP contribution is 2.34. The van der Waals surface area contributed by atoms with Crippen LogP contribution in [0.2, 0.25) is 0 Å². The minimum atomic E-state index is -0.958. The summed E-state index contributed by atoms with van der Waals surface area (Å²) in [5, 5.41) is 9.62. The van der Waals surface area contributed by atoms with Crippen molar-refractivity contribution >= 4 is 39.4 Å². The number of anilines is 1. The molecule has 0 radical (unpaired) electrons. The van der Waals surface area contributed by atoms with Gasteiger partial charge in [0.05, 0.1) is 11.8 Å². The number of piperazine rings is 1. The molecule has 0 saturated carbocycles. The van der Waals surface area contributed by atoms with Crippen LogP contribution in [0, 0.1) is 5.92 Å². The SMILES string of the molecule is CC(C)Cn1c(N2CCN(C(=O)CCC(=O)O)CC2)nc2sc3c(c2c1=O)CCCC3. The number of hydrogen-bond donors (Lipinski definition) is 1. The van der Waals surface area contributed by atoms with Crippen LogP contribution < -0.4 is 10.5 Å². The Bertz CT molecular complexity index is 1050. The number of aromatic nitrogens is 2. The monoisotopic (exact) mass is 446 g/mol. The molecule has 0 bridgehead atoms. The molecule has 8 nitrogen and oxygen atoms in total. The summed E-state index contributed by atoms with van der Waals surface area (Å²) in [5.74, 6) is -0.0803. The molecular weight excluding hydrogens is 416 g/mol. The number of carbonyl (C=O) groups excluding carboxylic acids is 1. The molecule has 3 heterocycles. The third-order valence-corrected chi connectivity index (χ3v) is 7.26. The summed E-state index contributed by atoms with van der Waals surface area (Å²) in [6.07, 6.45) is 4.18. The molecule has 4 rings (SSSR count).